The molecule has 2 heterocycles. The lowest BCUT2D eigenvalue weighted by molar-refractivity contribution is -0.145. The van der Waals surface area contributed by atoms with E-state index in [0.717, 1.165) is 50.6 Å². The summed E-state index contributed by atoms with van der Waals surface area (Å²) in [7, 11) is 0. The van der Waals surface area contributed by atoms with Crippen LogP contribution >= 0.6 is 0 Å². The predicted molar refractivity (Wildman–Crippen MR) is 105 cm³/mol. The van der Waals surface area contributed by atoms with Crippen LogP contribution in [0.15, 0.2) is 24.3 Å². The third-order valence-electron chi connectivity index (χ3n) is 5.77. The van der Waals surface area contributed by atoms with Crippen LogP contribution in [0.2, 0.25) is 0 Å². The van der Waals surface area contributed by atoms with Crippen molar-refractivity contribution in [2.45, 2.75) is 46.5 Å². The molecule has 2 saturated heterocycles. The van der Waals surface area contributed by atoms with E-state index < -0.39 is 5.41 Å². The number of carbonyl (C=O) groups excluding carboxylic acids is 2. The molecule has 0 atom stereocenters. The van der Waals surface area contributed by atoms with Gasteiger partial charge in [-0.1, -0.05) is 6.92 Å². The van der Waals surface area contributed by atoms with E-state index in [1.165, 1.54) is 18.5 Å². The molecule has 142 valence electrons. The van der Waals surface area contributed by atoms with Crippen LogP contribution in [0, 0.1) is 11.3 Å². The highest BCUT2D eigenvalue weighted by atomic mass is 16.2. The fourth-order valence-electron chi connectivity index (χ4n) is 3.72. The van der Waals surface area contributed by atoms with Crippen LogP contribution < -0.4 is 10.2 Å². The molecule has 0 unspecified atom stereocenters. The zero-order valence-corrected chi connectivity index (χ0v) is 16.3. The fraction of sp³-hybridized carbons (Fsp3) is 0.619. The third kappa shape index (κ3) is 4.02. The van der Waals surface area contributed by atoms with Crippen molar-refractivity contribution in [3.63, 3.8) is 0 Å². The van der Waals surface area contributed by atoms with Crippen LogP contribution in [0.4, 0.5) is 11.4 Å². The van der Waals surface area contributed by atoms with Crippen molar-refractivity contribution in [3.05, 3.63) is 24.3 Å². The maximum absolute atomic E-state index is 12.7. The number of nitrogens with zero attached hydrogens (tertiary/aromatic N) is 2. The van der Waals surface area contributed by atoms with Gasteiger partial charge in [0.2, 0.25) is 11.8 Å². The Labute approximate surface area is 156 Å². The molecule has 0 aliphatic carbocycles. The Morgan fingerprint density at radius 2 is 1.58 bits per heavy atom. The van der Waals surface area contributed by atoms with Crippen LogP contribution in [0.3, 0.4) is 0 Å². The van der Waals surface area contributed by atoms with Crippen LogP contribution in [-0.2, 0) is 9.59 Å². The van der Waals surface area contributed by atoms with Crippen molar-refractivity contribution < 1.29 is 9.59 Å². The van der Waals surface area contributed by atoms with E-state index in [-0.39, 0.29) is 11.8 Å². The van der Waals surface area contributed by atoms with Gasteiger partial charge in [0.1, 0.15) is 5.41 Å². The van der Waals surface area contributed by atoms with E-state index in [4.69, 9.17) is 0 Å². The van der Waals surface area contributed by atoms with E-state index in [0.29, 0.717) is 0 Å². The Morgan fingerprint density at radius 3 is 2.15 bits per heavy atom. The summed E-state index contributed by atoms with van der Waals surface area (Å²) < 4.78 is 0. The van der Waals surface area contributed by atoms with Gasteiger partial charge in [0.15, 0.2) is 0 Å². The number of nitrogens with one attached hydrogen (secondary N) is 1. The quantitative estimate of drug-likeness (QED) is 0.839. The summed E-state index contributed by atoms with van der Waals surface area (Å²) >= 11 is 0. The molecule has 2 aliphatic heterocycles. The average Bonchev–Trinajstić information content (AvgIpc) is 3.17. The zero-order valence-electron chi connectivity index (χ0n) is 16.3. The molecule has 1 aromatic carbocycles. The molecular formula is C21H31N3O2. The van der Waals surface area contributed by atoms with Gasteiger partial charge in [-0.05, 0) is 69.7 Å². The van der Waals surface area contributed by atoms with Crippen LogP contribution in [0.1, 0.15) is 46.5 Å². The van der Waals surface area contributed by atoms with Gasteiger partial charge in [0.05, 0.1) is 0 Å². The Hall–Kier alpha value is -2.04. The first-order valence-corrected chi connectivity index (χ1v) is 9.84. The minimum atomic E-state index is -1.05. The lowest BCUT2D eigenvalue weighted by Crippen LogP contribution is -2.46. The largest absolute Gasteiger partial charge is 0.372 e. The molecule has 0 saturated carbocycles. The standard InChI is InChI=1S/C21H31N3O2/c1-16-10-14-23(15-11-16)18-8-6-17(7-9-18)22-19(25)21(2,3)20(26)24-12-4-5-13-24/h6-9,16H,4-5,10-15H2,1-3H3,(H,22,25). The molecular weight excluding hydrogens is 326 g/mol. The summed E-state index contributed by atoms with van der Waals surface area (Å²) in [5.41, 5.74) is 0.889. The van der Waals surface area contributed by atoms with E-state index in [2.05, 4.69) is 29.3 Å². The van der Waals surface area contributed by atoms with Crippen molar-refractivity contribution >= 4 is 23.2 Å². The fourth-order valence-corrected chi connectivity index (χ4v) is 3.72. The second-order valence-electron chi connectivity index (χ2n) is 8.29. The van der Waals surface area contributed by atoms with Gasteiger partial charge in [-0.2, -0.15) is 0 Å². The highest BCUT2D eigenvalue weighted by molar-refractivity contribution is 6.09. The number of piperidine rings is 1. The summed E-state index contributed by atoms with van der Waals surface area (Å²) in [4.78, 5) is 29.5. The SMILES string of the molecule is CC1CCN(c2ccc(NC(=O)C(C)(C)C(=O)N3CCCC3)cc2)CC1. The molecule has 2 aliphatic rings. The summed E-state index contributed by atoms with van der Waals surface area (Å²) in [5, 5.41) is 2.92. The molecule has 0 aromatic heterocycles. The van der Waals surface area contributed by atoms with Crippen LogP contribution in [-0.4, -0.2) is 42.9 Å². The van der Waals surface area contributed by atoms with Gasteiger partial charge in [-0.3, -0.25) is 9.59 Å². The number of amides is 2. The Bertz CT molecular complexity index is 640. The maximum atomic E-state index is 12.7. The predicted octanol–water partition coefficient (Wildman–Crippen LogP) is 3.51. The molecule has 0 bridgehead atoms. The summed E-state index contributed by atoms with van der Waals surface area (Å²) in [5.74, 6) is 0.487. The van der Waals surface area contributed by atoms with E-state index >= 15 is 0 Å². The lowest BCUT2D eigenvalue weighted by Gasteiger charge is -2.32. The van der Waals surface area contributed by atoms with Crippen molar-refractivity contribution in [1.82, 2.24) is 4.90 Å². The van der Waals surface area contributed by atoms with Crippen molar-refractivity contribution in [1.29, 1.82) is 0 Å². The summed E-state index contributed by atoms with van der Waals surface area (Å²) in [6.45, 7) is 9.44. The Morgan fingerprint density at radius 1 is 1.00 bits per heavy atom. The summed E-state index contributed by atoms with van der Waals surface area (Å²) in [6.07, 6.45) is 4.51. The number of hydrogen-bond donors (Lipinski definition) is 1. The van der Waals surface area contributed by atoms with Gasteiger partial charge in [-0.15, -0.1) is 0 Å². The number of rotatable bonds is 4. The Balaban J connectivity index is 1.61. The second-order valence-corrected chi connectivity index (χ2v) is 8.29. The molecule has 0 spiro atoms. The lowest BCUT2D eigenvalue weighted by atomic mass is 9.90. The number of anilines is 2. The smallest absolute Gasteiger partial charge is 0.239 e. The van der Waals surface area contributed by atoms with Crippen molar-refractivity contribution in [2.75, 3.05) is 36.4 Å². The maximum Gasteiger partial charge on any atom is 0.239 e. The minimum absolute atomic E-state index is 0.0773. The minimum Gasteiger partial charge on any atom is -0.372 e. The molecule has 26 heavy (non-hydrogen) atoms. The molecule has 3 rings (SSSR count). The van der Waals surface area contributed by atoms with E-state index in [1.807, 2.05) is 12.1 Å². The summed E-state index contributed by atoms with van der Waals surface area (Å²) in [6, 6.07) is 7.98. The molecule has 1 N–H and O–H groups in total. The molecule has 0 radical (unpaired) electrons. The van der Waals surface area contributed by atoms with Gasteiger partial charge >= 0.3 is 0 Å². The monoisotopic (exact) mass is 357 g/mol. The molecule has 5 nitrogen and oxygen atoms in total. The topological polar surface area (TPSA) is 52.7 Å². The number of hydrogen-bond acceptors (Lipinski definition) is 3. The zero-order chi connectivity index (χ0) is 18.7. The van der Waals surface area contributed by atoms with Crippen molar-refractivity contribution in [3.8, 4) is 0 Å². The normalized spacial score (nSPS) is 18.9. The number of benzene rings is 1. The third-order valence-corrected chi connectivity index (χ3v) is 5.77. The molecule has 2 fully saturated rings. The van der Waals surface area contributed by atoms with Crippen LogP contribution in [0.25, 0.3) is 0 Å². The average molecular weight is 357 g/mol. The van der Waals surface area contributed by atoms with Crippen LogP contribution in [0.5, 0.6) is 0 Å². The second kappa shape index (κ2) is 7.68. The Kier molecular flexibility index (Phi) is 5.54. The highest BCUT2D eigenvalue weighted by Gasteiger charge is 2.39. The van der Waals surface area contributed by atoms with Gasteiger partial charge in [-0.25, -0.2) is 0 Å². The first-order valence-electron chi connectivity index (χ1n) is 9.84. The van der Waals surface area contributed by atoms with Crippen molar-refractivity contribution in [2.24, 2.45) is 11.3 Å². The number of likely N-dealkylation sites (tertiary alicyclic amines) is 1. The van der Waals surface area contributed by atoms with E-state index in [9.17, 15) is 9.59 Å². The first-order chi connectivity index (χ1) is 12.4. The number of carbonyl (C=O) groups is 2. The molecule has 1 aromatic rings. The molecule has 2 amide bonds. The molecule has 5 heteroatoms. The van der Waals surface area contributed by atoms with E-state index in [1.54, 1.807) is 18.7 Å². The highest BCUT2D eigenvalue weighted by Crippen LogP contribution is 2.27. The van der Waals surface area contributed by atoms with Gasteiger partial charge < -0.3 is 15.1 Å². The first kappa shape index (κ1) is 18.7. The van der Waals surface area contributed by atoms with Gasteiger partial charge in [0.25, 0.3) is 0 Å². The van der Waals surface area contributed by atoms with Gasteiger partial charge in [0, 0.05) is 37.6 Å².